The monoisotopic (exact) mass is 246 g/mol. The first-order valence-corrected chi connectivity index (χ1v) is 6.02. The largest absolute Gasteiger partial charge is 0.389 e. The van der Waals surface area contributed by atoms with E-state index in [0.29, 0.717) is 4.99 Å². The Hall–Kier alpha value is -1.52. The quantitative estimate of drug-likeness (QED) is 0.667. The molecule has 16 heavy (non-hydrogen) atoms. The van der Waals surface area contributed by atoms with Gasteiger partial charge in [0.2, 0.25) is 0 Å². The summed E-state index contributed by atoms with van der Waals surface area (Å²) in [4.78, 5) is 5.87. The molecule has 0 saturated carbocycles. The molecule has 0 fully saturated rings. The third kappa shape index (κ3) is 2.53. The maximum Gasteiger partial charge on any atom is 0.106 e. The number of rotatable bonds is 3. The lowest BCUT2D eigenvalue weighted by atomic mass is 10.2. The fourth-order valence-corrected chi connectivity index (χ4v) is 2.05. The van der Waals surface area contributed by atoms with Crippen LogP contribution in [0.1, 0.15) is 10.4 Å². The molecule has 2 nitrogen and oxygen atoms in total. The summed E-state index contributed by atoms with van der Waals surface area (Å²) in [5, 5.41) is 2.01. The fourth-order valence-electron chi connectivity index (χ4n) is 1.29. The van der Waals surface area contributed by atoms with E-state index in [1.807, 2.05) is 48.0 Å². The van der Waals surface area contributed by atoms with Crippen LogP contribution in [0.3, 0.4) is 0 Å². The lowest BCUT2D eigenvalue weighted by Gasteiger charge is -2.01. The summed E-state index contributed by atoms with van der Waals surface area (Å²) in [5.41, 5.74) is 7.24. The van der Waals surface area contributed by atoms with E-state index in [1.165, 1.54) is 0 Å². The van der Waals surface area contributed by atoms with Crippen molar-refractivity contribution in [3.8, 4) is 0 Å². The number of hydrogen-bond acceptors (Lipinski definition) is 3. The van der Waals surface area contributed by atoms with Crippen LogP contribution in [-0.4, -0.2) is 11.2 Å². The van der Waals surface area contributed by atoms with E-state index in [-0.39, 0.29) is 0 Å². The Bertz CT molecular complexity index is 516. The minimum Gasteiger partial charge on any atom is -0.389 e. The summed E-state index contributed by atoms with van der Waals surface area (Å²) in [5.74, 6) is 0. The average Bonchev–Trinajstić information content (AvgIpc) is 2.79. The molecule has 0 aliphatic heterocycles. The Morgan fingerprint density at radius 2 is 2.06 bits per heavy atom. The van der Waals surface area contributed by atoms with Gasteiger partial charge in [0, 0.05) is 16.7 Å². The molecule has 80 valence electrons. The molecule has 0 aliphatic rings. The number of aliphatic imine (C=N–C) groups is 1. The van der Waals surface area contributed by atoms with Gasteiger partial charge in [-0.05, 0) is 23.6 Å². The van der Waals surface area contributed by atoms with E-state index in [4.69, 9.17) is 18.0 Å². The highest BCUT2D eigenvalue weighted by Crippen LogP contribution is 2.18. The molecule has 0 spiro atoms. The smallest absolute Gasteiger partial charge is 0.106 e. The van der Waals surface area contributed by atoms with E-state index < -0.39 is 0 Å². The van der Waals surface area contributed by atoms with Crippen molar-refractivity contribution in [1.29, 1.82) is 0 Å². The third-order valence-corrected chi connectivity index (χ3v) is 3.07. The number of thiocarbonyl (C=S) groups is 1. The van der Waals surface area contributed by atoms with Gasteiger partial charge in [0.05, 0.1) is 5.69 Å². The fraction of sp³-hybridized carbons (Fsp3) is 0. The van der Waals surface area contributed by atoms with Crippen molar-refractivity contribution >= 4 is 40.4 Å². The minimum absolute atomic E-state index is 0.374. The van der Waals surface area contributed by atoms with Crippen molar-refractivity contribution in [2.45, 2.75) is 0 Å². The third-order valence-electron chi connectivity index (χ3n) is 2.04. The van der Waals surface area contributed by atoms with E-state index >= 15 is 0 Å². The van der Waals surface area contributed by atoms with Crippen molar-refractivity contribution in [2.24, 2.45) is 10.7 Å². The Balaban J connectivity index is 2.31. The number of para-hydroxylation sites is 1. The van der Waals surface area contributed by atoms with Crippen molar-refractivity contribution in [2.75, 3.05) is 0 Å². The number of benzene rings is 1. The van der Waals surface area contributed by atoms with Crippen molar-refractivity contribution in [3.05, 3.63) is 52.2 Å². The summed E-state index contributed by atoms with van der Waals surface area (Å²) in [6.45, 7) is 0. The molecule has 0 bridgehead atoms. The highest BCUT2D eigenvalue weighted by atomic mass is 32.1. The van der Waals surface area contributed by atoms with Crippen LogP contribution in [0, 0.1) is 0 Å². The molecule has 0 unspecified atom stereocenters. The van der Waals surface area contributed by atoms with Gasteiger partial charge in [-0.25, -0.2) is 0 Å². The average molecular weight is 246 g/mol. The van der Waals surface area contributed by atoms with E-state index in [9.17, 15) is 0 Å². The highest BCUT2D eigenvalue weighted by molar-refractivity contribution is 7.80. The number of hydrogen-bond donors (Lipinski definition) is 1. The zero-order valence-electron chi connectivity index (χ0n) is 8.46. The van der Waals surface area contributed by atoms with Crippen LogP contribution in [0.4, 0.5) is 5.69 Å². The van der Waals surface area contributed by atoms with Gasteiger partial charge in [-0.1, -0.05) is 30.4 Å². The standard InChI is InChI=1S/C12H10N2S2/c13-12(15)10-5-1-2-6-11(10)14-8-9-4-3-7-16-9/h1-8H,(H2,13,15). The zero-order chi connectivity index (χ0) is 11.4. The van der Waals surface area contributed by atoms with Gasteiger partial charge in [-0.15, -0.1) is 11.3 Å². The van der Waals surface area contributed by atoms with E-state index in [1.54, 1.807) is 11.3 Å². The molecule has 1 aromatic carbocycles. The number of nitrogens with zero attached hydrogens (tertiary/aromatic N) is 1. The molecule has 0 radical (unpaired) electrons. The van der Waals surface area contributed by atoms with Gasteiger partial charge in [0.15, 0.2) is 0 Å². The maximum atomic E-state index is 5.62. The molecular formula is C12H10N2S2. The predicted molar refractivity (Wildman–Crippen MR) is 73.9 cm³/mol. The van der Waals surface area contributed by atoms with Crippen molar-refractivity contribution in [3.63, 3.8) is 0 Å². The molecule has 2 rings (SSSR count). The summed E-state index contributed by atoms with van der Waals surface area (Å²) >= 11 is 6.61. The molecule has 0 atom stereocenters. The van der Waals surface area contributed by atoms with Gasteiger partial charge in [0.25, 0.3) is 0 Å². The van der Waals surface area contributed by atoms with Crippen LogP contribution < -0.4 is 5.73 Å². The first kappa shape index (κ1) is 11.0. The second kappa shape index (κ2) is 5.01. The molecule has 1 aromatic heterocycles. The van der Waals surface area contributed by atoms with Gasteiger partial charge >= 0.3 is 0 Å². The van der Waals surface area contributed by atoms with Gasteiger partial charge in [-0.2, -0.15) is 0 Å². The highest BCUT2D eigenvalue weighted by Gasteiger charge is 2.01. The normalized spacial score (nSPS) is 10.8. The Kier molecular flexibility index (Phi) is 3.44. The Morgan fingerprint density at radius 3 is 2.75 bits per heavy atom. The van der Waals surface area contributed by atoms with E-state index in [2.05, 4.69) is 4.99 Å². The second-order valence-corrected chi connectivity index (χ2v) is 4.57. The topological polar surface area (TPSA) is 38.4 Å². The van der Waals surface area contributed by atoms with Gasteiger partial charge in [0.1, 0.15) is 4.99 Å². The molecule has 2 N–H and O–H groups in total. The summed E-state index contributed by atoms with van der Waals surface area (Å²) in [6, 6.07) is 11.6. The lowest BCUT2D eigenvalue weighted by Crippen LogP contribution is -2.09. The molecule has 4 heteroatoms. The lowest BCUT2D eigenvalue weighted by molar-refractivity contribution is 1.50. The number of nitrogens with two attached hydrogens (primary N) is 1. The summed E-state index contributed by atoms with van der Waals surface area (Å²) < 4.78 is 0. The maximum absolute atomic E-state index is 5.62. The van der Waals surface area contributed by atoms with Gasteiger partial charge < -0.3 is 5.73 Å². The van der Waals surface area contributed by atoms with Crippen molar-refractivity contribution < 1.29 is 0 Å². The van der Waals surface area contributed by atoms with Crippen LogP contribution in [0.15, 0.2) is 46.8 Å². The van der Waals surface area contributed by atoms with Crippen LogP contribution in [-0.2, 0) is 0 Å². The molecule has 0 aliphatic carbocycles. The molecule has 0 amide bonds. The van der Waals surface area contributed by atoms with E-state index in [0.717, 1.165) is 16.1 Å². The van der Waals surface area contributed by atoms with Crippen LogP contribution >= 0.6 is 23.6 Å². The summed E-state index contributed by atoms with van der Waals surface area (Å²) in [6.07, 6.45) is 1.82. The first-order chi connectivity index (χ1) is 7.77. The minimum atomic E-state index is 0.374. The van der Waals surface area contributed by atoms with Crippen molar-refractivity contribution in [1.82, 2.24) is 0 Å². The Morgan fingerprint density at radius 1 is 1.25 bits per heavy atom. The zero-order valence-corrected chi connectivity index (χ0v) is 10.1. The predicted octanol–water partition coefficient (Wildman–Crippen LogP) is 3.13. The molecule has 1 heterocycles. The number of thiophene rings is 1. The molecule has 0 saturated heterocycles. The van der Waals surface area contributed by atoms with Crippen LogP contribution in [0.25, 0.3) is 0 Å². The van der Waals surface area contributed by atoms with Gasteiger partial charge in [-0.3, -0.25) is 4.99 Å². The molecular weight excluding hydrogens is 236 g/mol. The second-order valence-electron chi connectivity index (χ2n) is 3.16. The SMILES string of the molecule is NC(=S)c1ccccc1N=Cc1cccs1. The first-order valence-electron chi connectivity index (χ1n) is 4.74. The van der Waals surface area contributed by atoms with Crippen LogP contribution in [0.2, 0.25) is 0 Å². The molecule has 2 aromatic rings. The summed E-state index contributed by atoms with van der Waals surface area (Å²) in [7, 11) is 0. The Labute approximate surface area is 103 Å². The van der Waals surface area contributed by atoms with Crippen LogP contribution in [0.5, 0.6) is 0 Å².